The molecule has 0 radical (unpaired) electrons. The number of amides is 2. The maximum Gasteiger partial charge on any atom is 0.405 e. The SMILES string of the molecule is O=C(CNC(=O)Cc1ccccc1[N+](=O)[O-])NCC(F)(F)F. The van der Waals surface area contributed by atoms with Crippen molar-refractivity contribution in [2.75, 3.05) is 13.1 Å². The normalized spacial score (nSPS) is 10.9. The molecule has 10 heteroatoms. The Hall–Kier alpha value is -2.65. The summed E-state index contributed by atoms with van der Waals surface area (Å²) in [4.78, 5) is 32.7. The zero-order chi connectivity index (χ0) is 16.8. The quantitative estimate of drug-likeness (QED) is 0.601. The fourth-order valence-corrected chi connectivity index (χ4v) is 1.51. The minimum atomic E-state index is -4.54. The van der Waals surface area contributed by atoms with Crippen LogP contribution >= 0.6 is 0 Å². The van der Waals surface area contributed by atoms with Gasteiger partial charge >= 0.3 is 6.18 Å². The Bertz CT molecular complexity index is 575. The predicted molar refractivity (Wildman–Crippen MR) is 68.9 cm³/mol. The lowest BCUT2D eigenvalue weighted by Gasteiger charge is -2.09. The first kappa shape index (κ1) is 17.4. The molecule has 2 N–H and O–H groups in total. The largest absolute Gasteiger partial charge is 0.405 e. The van der Waals surface area contributed by atoms with Crippen LogP contribution in [0.4, 0.5) is 18.9 Å². The van der Waals surface area contributed by atoms with Crippen LogP contribution in [-0.4, -0.2) is 36.0 Å². The standard InChI is InChI=1S/C12H12F3N3O4/c13-12(14,15)7-17-11(20)6-16-10(19)5-8-3-1-2-4-9(8)18(21)22/h1-4H,5-7H2,(H,16,19)(H,17,20). The van der Waals surface area contributed by atoms with Gasteiger partial charge in [0, 0.05) is 11.6 Å². The van der Waals surface area contributed by atoms with Crippen molar-refractivity contribution in [2.24, 2.45) is 0 Å². The molecule has 0 saturated heterocycles. The zero-order valence-corrected chi connectivity index (χ0v) is 11.1. The Kier molecular flexibility index (Phi) is 5.84. The molecular formula is C12H12F3N3O4. The van der Waals surface area contributed by atoms with Crippen LogP contribution in [0.15, 0.2) is 24.3 Å². The molecule has 7 nitrogen and oxygen atoms in total. The topological polar surface area (TPSA) is 101 Å². The first-order chi connectivity index (χ1) is 10.2. The number of hydrogen-bond acceptors (Lipinski definition) is 4. The second-order valence-electron chi connectivity index (χ2n) is 4.23. The summed E-state index contributed by atoms with van der Waals surface area (Å²) < 4.78 is 35.6. The van der Waals surface area contributed by atoms with Gasteiger partial charge in [0.1, 0.15) is 6.54 Å². The molecule has 0 aliphatic heterocycles. The highest BCUT2D eigenvalue weighted by Gasteiger charge is 2.27. The lowest BCUT2D eigenvalue weighted by atomic mass is 10.1. The van der Waals surface area contributed by atoms with Crippen LogP contribution < -0.4 is 10.6 Å². The smallest absolute Gasteiger partial charge is 0.347 e. The molecule has 2 amide bonds. The van der Waals surface area contributed by atoms with Crippen LogP contribution in [0.5, 0.6) is 0 Å². The van der Waals surface area contributed by atoms with E-state index >= 15 is 0 Å². The fraction of sp³-hybridized carbons (Fsp3) is 0.333. The van der Waals surface area contributed by atoms with Crippen LogP contribution in [0.3, 0.4) is 0 Å². The van der Waals surface area contributed by atoms with Gasteiger partial charge in [0.15, 0.2) is 0 Å². The zero-order valence-electron chi connectivity index (χ0n) is 11.1. The van der Waals surface area contributed by atoms with E-state index in [-0.39, 0.29) is 17.7 Å². The Balaban J connectivity index is 2.47. The van der Waals surface area contributed by atoms with Gasteiger partial charge in [-0.2, -0.15) is 13.2 Å². The maximum atomic E-state index is 11.9. The van der Waals surface area contributed by atoms with E-state index < -0.39 is 36.0 Å². The molecule has 0 atom stereocenters. The number of halogens is 3. The van der Waals surface area contributed by atoms with Gasteiger partial charge in [-0.1, -0.05) is 18.2 Å². The molecule has 0 bridgehead atoms. The number of para-hydroxylation sites is 1. The molecule has 1 aromatic rings. The van der Waals surface area contributed by atoms with Gasteiger partial charge < -0.3 is 10.6 Å². The molecule has 0 fully saturated rings. The predicted octanol–water partition coefficient (Wildman–Crippen LogP) is 0.932. The van der Waals surface area contributed by atoms with Crippen molar-refractivity contribution in [1.82, 2.24) is 10.6 Å². The van der Waals surface area contributed by atoms with Crippen LogP contribution in [0.1, 0.15) is 5.56 Å². The van der Waals surface area contributed by atoms with Crippen molar-refractivity contribution in [3.05, 3.63) is 39.9 Å². The van der Waals surface area contributed by atoms with Gasteiger partial charge in [-0.3, -0.25) is 19.7 Å². The average molecular weight is 319 g/mol. The van der Waals surface area contributed by atoms with Crippen LogP contribution in [-0.2, 0) is 16.0 Å². The van der Waals surface area contributed by atoms with Gasteiger partial charge in [-0.15, -0.1) is 0 Å². The van der Waals surface area contributed by atoms with Crippen molar-refractivity contribution in [2.45, 2.75) is 12.6 Å². The number of benzene rings is 1. The number of nitrogens with one attached hydrogen (secondary N) is 2. The lowest BCUT2D eigenvalue weighted by Crippen LogP contribution is -2.41. The first-order valence-corrected chi connectivity index (χ1v) is 6.01. The number of hydrogen-bond donors (Lipinski definition) is 2. The molecule has 0 aromatic heterocycles. The van der Waals surface area contributed by atoms with E-state index in [0.29, 0.717) is 0 Å². The molecule has 0 spiro atoms. The summed E-state index contributed by atoms with van der Waals surface area (Å²) in [5.74, 6) is -1.72. The summed E-state index contributed by atoms with van der Waals surface area (Å²) in [5, 5.41) is 14.4. The summed E-state index contributed by atoms with van der Waals surface area (Å²) in [5.41, 5.74) is -0.111. The van der Waals surface area contributed by atoms with E-state index in [1.165, 1.54) is 24.3 Å². The molecule has 0 aliphatic rings. The van der Waals surface area contributed by atoms with E-state index in [1.54, 1.807) is 5.32 Å². The van der Waals surface area contributed by atoms with E-state index in [2.05, 4.69) is 5.32 Å². The van der Waals surface area contributed by atoms with Gasteiger partial charge in [-0.25, -0.2) is 0 Å². The highest BCUT2D eigenvalue weighted by molar-refractivity contribution is 5.86. The van der Waals surface area contributed by atoms with Crippen molar-refractivity contribution < 1.29 is 27.7 Å². The Morgan fingerprint density at radius 3 is 2.36 bits per heavy atom. The highest BCUT2D eigenvalue weighted by Crippen LogP contribution is 2.17. The van der Waals surface area contributed by atoms with E-state index in [9.17, 15) is 32.9 Å². The number of rotatable bonds is 6. The van der Waals surface area contributed by atoms with Gasteiger partial charge in [-0.05, 0) is 0 Å². The number of nitrogens with zero attached hydrogens (tertiary/aromatic N) is 1. The highest BCUT2D eigenvalue weighted by atomic mass is 19.4. The van der Waals surface area contributed by atoms with E-state index in [0.717, 1.165) is 0 Å². The monoisotopic (exact) mass is 319 g/mol. The van der Waals surface area contributed by atoms with Crippen molar-refractivity contribution in [1.29, 1.82) is 0 Å². The number of nitro benzene ring substituents is 1. The minimum absolute atomic E-state index is 0.140. The van der Waals surface area contributed by atoms with Crippen LogP contribution in [0, 0.1) is 10.1 Å². The molecule has 1 aromatic carbocycles. The summed E-state index contributed by atoms with van der Waals surface area (Å²) in [7, 11) is 0. The molecule has 0 unspecified atom stereocenters. The number of carbonyl (C=O) groups excluding carboxylic acids is 2. The van der Waals surface area contributed by atoms with E-state index in [4.69, 9.17) is 0 Å². The Labute approximate surface area is 122 Å². The number of carbonyl (C=O) groups is 2. The number of nitro groups is 1. The summed E-state index contributed by atoms with van der Waals surface area (Å²) in [6, 6.07) is 5.54. The molecule has 1 rings (SSSR count). The van der Waals surface area contributed by atoms with Crippen molar-refractivity contribution in [3.63, 3.8) is 0 Å². The first-order valence-electron chi connectivity index (χ1n) is 6.01. The maximum absolute atomic E-state index is 11.9. The third-order valence-electron chi connectivity index (χ3n) is 2.47. The van der Waals surface area contributed by atoms with Gasteiger partial charge in [0.2, 0.25) is 11.8 Å². The third kappa shape index (κ3) is 6.20. The Morgan fingerprint density at radius 2 is 1.77 bits per heavy atom. The van der Waals surface area contributed by atoms with Crippen molar-refractivity contribution >= 4 is 17.5 Å². The fourth-order valence-electron chi connectivity index (χ4n) is 1.51. The van der Waals surface area contributed by atoms with E-state index in [1.807, 2.05) is 0 Å². The van der Waals surface area contributed by atoms with Crippen molar-refractivity contribution in [3.8, 4) is 0 Å². The second-order valence-corrected chi connectivity index (χ2v) is 4.23. The Morgan fingerprint density at radius 1 is 1.14 bits per heavy atom. The van der Waals surface area contributed by atoms with Gasteiger partial charge in [0.25, 0.3) is 5.69 Å². The lowest BCUT2D eigenvalue weighted by molar-refractivity contribution is -0.385. The third-order valence-corrected chi connectivity index (χ3v) is 2.47. The van der Waals surface area contributed by atoms with Gasteiger partial charge in [0.05, 0.1) is 17.9 Å². The van der Waals surface area contributed by atoms with Crippen LogP contribution in [0.2, 0.25) is 0 Å². The molecule has 120 valence electrons. The van der Waals surface area contributed by atoms with Crippen LogP contribution in [0.25, 0.3) is 0 Å². The summed E-state index contributed by atoms with van der Waals surface area (Å²) in [6.45, 7) is -2.14. The molecular weight excluding hydrogens is 307 g/mol. The molecule has 0 heterocycles. The average Bonchev–Trinajstić information content (AvgIpc) is 2.42. The summed E-state index contributed by atoms with van der Waals surface area (Å²) >= 11 is 0. The second kappa shape index (κ2) is 7.38. The number of alkyl halides is 3. The molecule has 0 aliphatic carbocycles. The molecule has 22 heavy (non-hydrogen) atoms. The molecule has 0 saturated carbocycles. The summed E-state index contributed by atoms with van der Waals surface area (Å²) in [6.07, 6.45) is -4.89. The minimum Gasteiger partial charge on any atom is -0.347 e.